The van der Waals surface area contributed by atoms with Gasteiger partial charge in [0.25, 0.3) is 0 Å². The van der Waals surface area contributed by atoms with Crippen molar-refractivity contribution in [2.24, 2.45) is 0 Å². The van der Waals surface area contributed by atoms with Gasteiger partial charge in [0.2, 0.25) is 0 Å². The zero-order chi connectivity index (χ0) is 15.1. The van der Waals surface area contributed by atoms with Crippen molar-refractivity contribution in [2.45, 2.75) is 37.8 Å². The molecule has 0 saturated carbocycles. The first-order valence-corrected chi connectivity index (χ1v) is 8.33. The lowest BCUT2D eigenvalue weighted by molar-refractivity contribution is 0.572. The molecule has 5 heteroatoms. The van der Waals surface area contributed by atoms with E-state index in [1.807, 2.05) is 23.0 Å². The normalized spacial score (nSPS) is 12.5. The van der Waals surface area contributed by atoms with Crippen LogP contribution in [0.3, 0.4) is 0 Å². The van der Waals surface area contributed by atoms with E-state index in [-0.39, 0.29) is 5.82 Å². The maximum Gasteiger partial charge on any atom is 0.123 e. The lowest BCUT2D eigenvalue weighted by Crippen LogP contribution is -2.33. The Morgan fingerprint density at radius 3 is 2.67 bits per heavy atom. The van der Waals surface area contributed by atoms with Crippen LogP contribution in [0.25, 0.3) is 0 Å². The standard InChI is InChI=1S/C16H22FN3S/c1-3-18-15(9-13-10-19-20(4-2)11-13)12-21-16-7-5-14(17)6-8-16/h5-8,10-11,15,18H,3-4,9,12H2,1-2H3. The molecule has 1 aromatic carbocycles. The highest BCUT2D eigenvalue weighted by Gasteiger charge is 2.10. The molecule has 1 aromatic heterocycles. The van der Waals surface area contributed by atoms with E-state index in [1.165, 1.54) is 17.7 Å². The van der Waals surface area contributed by atoms with Crippen LogP contribution in [0.2, 0.25) is 0 Å². The molecule has 0 aliphatic rings. The van der Waals surface area contributed by atoms with Crippen molar-refractivity contribution in [3.8, 4) is 0 Å². The molecule has 1 heterocycles. The number of nitrogens with zero attached hydrogens (tertiary/aromatic N) is 2. The van der Waals surface area contributed by atoms with Crippen LogP contribution in [0.15, 0.2) is 41.6 Å². The molecule has 0 aliphatic heterocycles. The summed E-state index contributed by atoms with van der Waals surface area (Å²) in [6.45, 7) is 6.04. The zero-order valence-corrected chi connectivity index (χ0v) is 13.4. The minimum atomic E-state index is -0.186. The van der Waals surface area contributed by atoms with Gasteiger partial charge < -0.3 is 5.32 Å². The molecule has 2 aromatic rings. The number of benzene rings is 1. The minimum Gasteiger partial charge on any atom is -0.313 e. The molecule has 1 atom stereocenters. The monoisotopic (exact) mass is 307 g/mol. The Hall–Kier alpha value is -1.33. The summed E-state index contributed by atoms with van der Waals surface area (Å²) >= 11 is 1.75. The Kier molecular flexibility index (Phi) is 6.26. The van der Waals surface area contributed by atoms with Gasteiger partial charge in [0.15, 0.2) is 0 Å². The molecular weight excluding hydrogens is 285 g/mol. The molecule has 0 aliphatic carbocycles. The molecule has 1 unspecified atom stereocenters. The van der Waals surface area contributed by atoms with E-state index in [1.54, 1.807) is 11.8 Å². The fraction of sp³-hybridized carbons (Fsp3) is 0.438. The van der Waals surface area contributed by atoms with E-state index in [0.717, 1.165) is 30.2 Å². The first kappa shape index (κ1) is 16.0. The van der Waals surface area contributed by atoms with Gasteiger partial charge in [0.1, 0.15) is 5.82 Å². The molecule has 114 valence electrons. The number of rotatable bonds is 8. The first-order valence-electron chi connectivity index (χ1n) is 7.34. The van der Waals surface area contributed by atoms with Crippen LogP contribution in [0.4, 0.5) is 4.39 Å². The van der Waals surface area contributed by atoms with Gasteiger partial charge in [0, 0.05) is 29.4 Å². The second kappa shape index (κ2) is 8.20. The van der Waals surface area contributed by atoms with E-state index < -0.39 is 0 Å². The van der Waals surface area contributed by atoms with E-state index in [0.29, 0.717) is 6.04 Å². The molecule has 21 heavy (non-hydrogen) atoms. The lowest BCUT2D eigenvalue weighted by Gasteiger charge is -2.16. The first-order chi connectivity index (χ1) is 10.2. The highest BCUT2D eigenvalue weighted by molar-refractivity contribution is 7.99. The largest absolute Gasteiger partial charge is 0.313 e. The number of nitrogens with one attached hydrogen (secondary N) is 1. The third kappa shape index (κ3) is 5.17. The Bertz CT molecular complexity index is 539. The van der Waals surface area contributed by atoms with Gasteiger partial charge in [-0.15, -0.1) is 11.8 Å². The molecule has 0 radical (unpaired) electrons. The molecule has 0 bridgehead atoms. The van der Waals surface area contributed by atoms with Crippen LogP contribution in [0.1, 0.15) is 19.4 Å². The summed E-state index contributed by atoms with van der Waals surface area (Å²) in [7, 11) is 0. The summed E-state index contributed by atoms with van der Waals surface area (Å²) in [5.41, 5.74) is 1.25. The average molecular weight is 307 g/mol. The Morgan fingerprint density at radius 1 is 1.29 bits per heavy atom. The number of hydrogen-bond donors (Lipinski definition) is 1. The second-order valence-corrected chi connectivity index (χ2v) is 6.02. The number of hydrogen-bond acceptors (Lipinski definition) is 3. The maximum atomic E-state index is 12.9. The van der Waals surface area contributed by atoms with Gasteiger partial charge in [-0.3, -0.25) is 4.68 Å². The molecule has 2 rings (SSSR count). The quantitative estimate of drug-likeness (QED) is 0.759. The summed E-state index contributed by atoms with van der Waals surface area (Å²) in [5, 5.41) is 7.82. The number of aromatic nitrogens is 2. The van der Waals surface area contributed by atoms with Crippen LogP contribution >= 0.6 is 11.8 Å². The highest BCUT2D eigenvalue weighted by atomic mass is 32.2. The topological polar surface area (TPSA) is 29.9 Å². The van der Waals surface area contributed by atoms with Crippen molar-refractivity contribution >= 4 is 11.8 Å². The van der Waals surface area contributed by atoms with E-state index >= 15 is 0 Å². The highest BCUT2D eigenvalue weighted by Crippen LogP contribution is 2.20. The SMILES string of the molecule is CCNC(CSc1ccc(F)cc1)Cc1cnn(CC)c1. The van der Waals surface area contributed by atoms with Crippen molar-refractivity contribution in [3.63, 3.8) is 0 Å². The van der Waals surface area contributed by atoms with Gasteiger partial charge in [-0.05, 0) is 49.7 Å². The van der Waals surface area contributed by atoms with Crippen molar-refractivity contribution in [1.29, 1.82) is 0 Å². The minimum absolute atomic E-state index is 0.186. The number of thioether (sulfide) groups is 1. The summed E-state index contributed by atoms with van der Waals surface area (Å²) < 4.78 is 14.8. The van der Waals surface area contributed by atoms with Crippen LogP contribution in [0, 0.1) is 5.82 Å². The Labute approximate surface area is 129 Å². The third-order valence-corrected chi connectivity index (χ3v) is 4.42. The van der Waals surface area contributed by atoms with Gasteiger partial charge in [-0.1, -0.05) is 6.92 Å². The van der Waals surface area contributed by atoms with Crippen LogP contribution in [0.5, 0.6) is 0 Å². The smallest absolute Gasteiger partial charge is 0.123 e. The van der Waals surface area contributed by atoms with Crippen molar-refractivity contribution in [1.82, 2.24) is 15.1 Å². The van der Waals surface area contributed by atoms with Crippen molar-refractivity contribution in [3.05, 3.63) is 48.0 Å². The maximum absolute atomic E-state index is 12.9. The molecular formula is C16H22FN3S. The van der Waals surface area contributed by atoms with Gasteiger partial charge in [0.05, 0.1) is 6.20 Å². The number of likely N-dealkylation sites (N-methyl/N-ethyl adjacent to an activating group) is 1. The van der Waals surface area contributed by atoms with Crippen LogP contribution in [-0.4, -0.2) is 28.1 Å². The fourth-order valence-corrected chi connectivity index (χ4v) is 3.13. The van der Waals surface area contributed by atoms with Crippen molar-refractivity contribution < 1.29 is 4.39 Å². The predicted molar refractivity (Wildman–Crippen MR) is 86.2 cm³/mol. The van der Waals surface area contributed by atoms with Gasteiger partial charge in [-0.25, -0.2) is 4.39 Å². The average Bonchev–Trinajstić information content (AvgIpc) is 2.94. The Morgan fingerprint density at radius 2 is 2.05 bits per heavy atom. The molecule has 3 nitrogen and oxygen atoms in total. The molecule has 0 spiro atoms. The van der Waals surface area contributed by atoms with Crippen LogP contribution in [-0.2, 0) is 13.0 Å². The number of halogens is 1. The third-order valence-electron chi connectivity index (χ3n) is 3.25. The van der Waals surface area contributed by atoms with Gasteiger partial charge >= 0.3 is 0 Å². The van der Waals surface area contributed by atoms with Gasteiger partial charge in [-0.2, -0.15) is 5.10 Å². The van der Waals surface area contributed by atoms with Crippen molar-refractivity contribution in [2.75, 3.05) is 12.3 Å². The molecule has 0 fully saturated rings. The molecule has 0 amide bonds. The summed E-state index contributed by atoms with van der Waals surface area (Å²) in [6, 6.07) is 7.07. The summed E-state index contributed by atoms with van der Waals surface area (Å²) in [6.07, 6.45) is 5.01. The Balaban J connectivity index is 1.90. The van der Waals surface area contributed by atoms with E-state index in [9.17, 15) is 4.39 Å². The van der Waals surface area contributed by atoms with Crippen LogP contribution < -0.4 is 5.32 Å². The lowest BCUT2D eigenvalue weighted by atomic mass is 10.1. The second-order valence-electron chi connectivity index (χ2n) is 4.93. The van der Waals surface area contributed by atoms with E-state index in [2.05, 4.69) is 30.5 Å². The van der Waals surface area contributed by atoms with E-state index in [4.69, 9.17) is 0 Å². The predicted octanol–water partition coefficient (Wildman–Crippen LogP) is 3.36. The molecule has 0 saturated heterocycles. The summed E-state index contributed by atoms with van der Waals surface area (Å²) in [5.74, 6) is 0.770. The zero-order valence-electron chi connectivity index (χ0n) is 12.6. The molecule has 1 N–H and O–H groups in total. The number of aryl methyl sites for hydroxylation is 1. The fourth-order valence-electron chi connectivity index (χ4n) is 2.18. The summed E-state index contributed by atoms with van der Waals surface area (Å²) in [4.78, 5) is 1.10.